The van der Waals surface area contributed by atoms with E-state index in [-0.39, 0.29) is 18.4 Å². The van der Waals surface area contributed by atoms with Crippen molar-refractivity contribution in [2.45, 2.75) is 40.2 Å². The van der Waals surface area contributed by atoms with Crippen molar-refractivity contribution in [2.24, 2.45) is 5.92 Å². The lowest BCUT2D eigenvalue weighted by Gasteiger charge is -2.20. The maximum atomic E-state index is 12.4. The molecule has 0 bridgehead atoms. The SMILES string of the molecule is Cc1cc(C)n2nc(CC(=O)N[C@H](c3cccs3)C(C)C)nc2n1. The highest BCUT2D eigenvalue weighted by Gasteiger charge is 2.20. The summed E-state index contributed by atoms with van der Waals surface area (Å²) in [5.41, 5.74) is 1.84. The maximum Gasteiger partial charge on any atom is 0.252 e. The van der Waals surface area contributed by atoms with Crippen molar-refractivity contribution in [3.05, 3.63) is 45.7 Å². The van der Waals surface area contributed by atoms with Crippen molar-refractivity contribution in [1.82, 2.24) is 24.9 Å². The molecule has 1 N–H and O–H groups in total. The molecule has 1 amide bonds. The number of nitrogens with zero attached hydrogens (tertiary/aromatic N) is 4. The predicted molar refractivity (Wildman–Crippen MR) is 94.0 cm³/mol. The number of rotatable bonds is 5. The number of carbonyl (C=O) groups excluding carboxylic acids is 1. The van der Waals surface area contributed by atoms with Crippen LogP contribution in [0.25, 0.3) is 5.78 Å². The number of aromatic nitrogens is 4. The van der Waals surface area contributed by atoms with Gasteiger partial charge in [0, 0.05) is 16.3 Å². The summed E-state index contributed by atoms with van der Waals surface area (Å²) < 4.78 is 1.68. The van der Waals surface area contributed by atoms with E-state index in [1.54, 1.807) is 15.9 Å². The number of hydrogen-bond acceptors (Lipinski definition) is 5. The topological polar surface area (TPSA) is 72.2 Å². The molecule has 0 saturated carbocycles. The summed E-state index contributed by atoms with van der Waals surface area (Å²) in [4.78, 5) is 22.3. The van der Waals surface area contributed by atoms with E-state index >= 15 is 0 Å². The first-order valence-electron chi connectivity index (χ1n) is 7.96. The Labute approximate surface area is 145 Å². The smallest absolute Gasteiger partial charge is 0.252 e. The van der Waals surface area contributed by atoms with Gasteiger partial charge in [0.2, 0.25) is 5.91 Å². The molecule has 0 aromatic carbocycles. The Morgan fingerprint density at radius 1 is 1.33 bits per heavy atom. The summed E-state index contributed by atoms with van der Waals surface area (Å²) in [5, 5.41) is 9.52. The van der Waals surface area contributed by atoms with Crippen LogP contribution in [0.5, 0.6) is 0 Å². The molecule has 0 aliphatic heterocycles. The van der Waals surface area contributed by atoms with Crippen molar-refractivity contribution in [2.75, 3.05) is 0 Å². The van der Waals surface area contributed by atoms with Gasteiger partial charge in [0.15, 0.2) is 5.82 Å². The average Bonchev–Trinajstić information content (AvgIpc) is 3.13. The molecule has 3 rings (SSSR count). The molecule has 6 nitrogen and oxygen atoms in total. The molecule has 7 heteroatoms. The molecule has 3 aromatic heterocycles. The van der Waals surface area contributed by atoms with Crippen molar-refractivity contribution in [3.63, 3.8) is 0 Å². The van der Waals surface area contributed by atoms with E-state index in [2.05, 4.69) is 40.3 Å². The van der Waals surface area contributed by atoms with Crippen LogP contribution in [-0.4, -0.2) is 25.5 Å². The minimum atomic E-state index is -0.0765. The summed E-state index contributed by atoms with van der Waals surface area (Å²) in [5.74, 6) is 1.26. The van der Waals surface area contributed by atoms with Crippen LogP contribution in [0.15, 0.2) is 23.6 Å². The Balaban J connectivity index is 1.76. The van der Waals surface area contributed by atoms with E-state index in [0.717, 1.165) is 16.3 Å². The lowest BCUT2D eigenvalue weighted by Crippen LogP contribution is -2.32. The Bertz CT molecular complexity index is 853. The van der Waals surface area contributed by atoms with Gasteiger partial charge in [-0.2, -0.15) is 4.98 Å². The van der Waals surface area contributed by atoms with Gasteiger partial charge < -0.3 is 5.32 Å². The van der Waals surface area contributed by atoms with E-state index in [9.17, 15) is 4.79 Å². The molecule has 126 valence electrons. The molecule has 3 aromatic rings. The van der Waals surface area contributed by atoms with Crippen LogP contribution in [0, 0.1) is 19.8 Å². The largest absolute Gasteiger partial charge is 0.348 e. The molecule has 0 unspecified atom stereocenters. The van der Waals surface area contributed by atoms with Crippen LogP contribution >= 0.6 is 11.3 Å². The Morgan fingerprint density at radius 2 is 2.12 bits per heavy atom. The van der Waals surface area contributed by atoms with E-state index in [1.165, 1.54) is 0 Å². The van der Waals surface area contributed by atoms with E-state index < -0.39 is 0 Å². The Hall–Kier alpha value is -2.28. The number of hydrogen-bond donors (Lipinski definition) is 1. The van der Waals surface area contributed by atoms with Gasteiger partial charge in [0.1, 0.15) is 0 Å². The molecular formula is C17H21N5OS. The summed E-state index contributed by atoms with van der Waals surface area (Å²) in [7, 11) is 0. The second-order valence-corrected chi connectivity index (χ2v) is 7.24. The summed E-state index contributed by atoms with van der Waals surface area (Å²) >= 11 is 1.65. The van der Waals surface area contributed by atoms with Crippen LogP contribution in [0.2, 0.25) is 0 Å². The fourth-order valence-electron chi connectivity index (χ4n) is 2.69. The van der Waals surface area contributed by atoms with Crippen LogP contribution in [0.1, 0.15) is 42.0 Å². The second-order valence-electron chi connectivity index (χ2n) is 6.26. The fraction of sp³-hybridized carbons (Fsp3) is 0.412. The van der Waals surface area contributed by atoms with Gasteiger partial charge >= 0.3 is 0 Å². The van der Waals surface area contributed by atoms with Crippen LogP contribution in [-0.2, 0) is 11.2 Å². The summed E-state index contributed by atoms with van der Waals surface area (Å²) in [6.45, 7) is 8.07. The minimum absolute atomic E-state index is 0.0108. The molecule has 3 heterocycles. The molecule has 0 aliphatic carbocycles. The Kier molecular flexibility index (Phi) is 4.62. The zero-order chi connectivity index (χ0) is 17.3. The predicted octanol–water partition coefficient (Wildman–Crippen LogP) is 2.86. The van der Waals surface area contributed by atoms with Crippen molar-refractivity contribution < 1.29 is 4.79 Å². The minimum Gasteiger partial charge on any atom is -0.348 e. The van der Waals surface area contributed by atoms with Crippen molar-refractivity contribution in [1.29, 1.82) is 0 Å². The van der Waals surface area contributed by atoms with E-state index in [4.69, 9.17) is 0 Å². The summed E-state index contributed by atoms with van der Waals surface area (Å²) in [6.07, 6.45) is 0.149. The van der Waals surface area contributed by atoms with Gasteiger partial charge in [-0.3, -0.25) is 4.79 Å². The van der Waals surface area contributed by atoms with Gasteiger partial charge in [-0.25, -0.2) is 9.50 Å². The van der Waals surface area contributed by atoms with Crippen LogP contribution in [0.3, 0.4) is 0 Å². The third-order valence-electron chi connectivity index (χ3n) is 3.81. The maximum absolute atomic E-state index is 12.4. The normalized spacial score (nSPS) is 12.7. The molecule has 0 saturated heterocycles. The first kappa shape index (κ1) is 16.6. The third kappa shape index (κ3) is 3.46. The van der Waals surface area contributed by atoms with Gasteiger partial charge in [-0.1, -0.05) is 19.9 Å². The lowest BCUT2D eigenvalue weighted by atomic mass is 10.0. The number of amides is 1. The molecule has 24 heavy (non-hydrogen) atoms. The molecule has 0 fully saturated rings. The van der Waals surface area contributed by atoms with E-state index in [1.807, 2.05) is 31.4 Å². The molecule has 0 spiro atoms. The number of fused-ring (bicyclic) bond motifs is 1. The number of aryl methyl sites for hydroxylation is 2. The third-order valence-corrected chi connectivity index (χ3v) is 4.77. The van der Waals surface area contributed by atoms with Gasteiger partial charge in [0.25, 0.3) is 5.78 Å². The second kappa shape index (κ2) is 6.68. The molecule has 0 aliphatic rings. The number of nitrogens with one attached hydrogen (secondary N) is 1. The molecular weight excluding hydrogens is 322 g/mol. The quantitative estimate of drug-likeness (QED) is 0.773. The first-order valence-corrected chi connectivity index (χ1v) is 8.84. The standard InChI is InChI=1S/C17H21N5OS/c1-10(2)16(13-6-5-7-24-13)20-15(23)9-14-19-17-18-11(3)8-12(4)22(17)21-14/h5-8,10,16H,9H2,1-4H3,(H,20,23)/t16-/m0/s1. The molecule has 0 radical (unpaired) electrons. The Morgan fingerprint density at radius 3 is 2.79 bits per heavy atom. The molecule has 1 atom stereocenters. The van der Waals surface area contributed by atoms with Crippen LogP contribution < -0.4 is 5.32 Å². The lowest BCUT2D eigenvalue weighted by molar-refractivity contribution is -0.121. The highest BCUT2D eigenvalue weighted by molar-refractivity contribution is 7.10. The zero-order valence-corrected chi connectivity index (χ0v) is 15.1. The highest BCUT2D eigenvalue weighted by Crippen LogP contribution is 2.25. The van der Waals surface area contributed by atoms with Gasteiger partial charge in [0.05, 0.1) is 12.5 Å². The monoisotopic (exact) mass is 343 g/mol. The van der Waals surface area contributed by atoms with Gasteiger partial charge in [-0.15, -0.1) is 16.4 Å². The summed E-state index contributed by atoms with van der Waals surface area (Å²) in [6, 6.07) is 6.00. The van der Waals surface area contributed by atoms with E-state index in [0.29, 0.717) is 17.5 Å². The number of carbonyl (C=O) groups is 1. The zero-order valence-electron chi connectivity index (χ0n) is 14.3. The first-order chi connectivity index (χ1) is 11.4. The number of thiophene rings is 1. The van der Waals surface area contributed by atoms with Crippen molar-refractivity contribution >= 4 is 23.0 Å². The van der Waals surface area contributed by atoms with Crippen molar-refractivity contribution in [3.8, 4) is 0 Å². The average molecular weight is 343 g/mol. The van der Waals surface area contributed by atoms with Gasteiger partial charge in [-0.05, 0) is 37.3 Å². The van der Waals surface area contributed by atoms with Crippen LogP contribution in [0.4, 0.5) is 0 Å². The highest BCUT2D eigenvalue weighted by atomic mass is 32.1. The fourth-order valence-corrected chi connectivity index (χ4v) is 3.63.